The third-order valence-electron chi connectivity index (χ3n) is 1.93. The topological polar surface area (TPSA) is 62.5 Å². The molecule has 1 aromatic rings. The van der Waals surface area contributed by atoms with Gasteiger partial charge in [-0.3, -0.25) is 0 Å². The molecule has 2 rings (SSSR count). The third kappa shape index (κ3) is 1.33. The van der Waals surface area contributed by atoms with Crippen LogP contribution in [0, 0.1) is 0 Å². The molecule has 0 radical (unpaired) electrons. The predicted molar refractivity (Wildman–Crippen MR) is 50.7 cm³/mol. The average molecular weight is 174 g/mol. The van der Waals surface area contributed by atoms with E-state index < -0.39 is 5.97 Å². The minimum atomic E-state index is -0.945. The second-order valence-electron chi connectivity index (χ2n) is 3.04. The van der Waals surface area contributed by atoms with E-state index in [1.54, 1.807) is 6.07 Å². The molecular weight excluding hydrogens is 167 g/mol. The number of hydrogen-bond acceptors (Lipinski definition) is 3. The number of aromatic nitrogens is 1. The summed E-state index contributed by atoms with van der Waals surface area (Å²) in [6, 6.07) is 1.63. The fraction of sp³-hybridized carbons (Fsp3) is 0.125. The first kappa shape index (κ1) is 7.98. The zero-order valence-corrected chi connectivity index (χ0v) is 7.11. The van der Waals surface area contributed by atoms with Crippen LogP contribution in [0.3, 0.4) is 0 Å². The van der Waals surface area contributed by atoms with Crippen molar-refractivity contribution in [2.75, 3.05) is 0 Å². The maximum absolute atomic E-state index is 10.6. The summed E-state index contributed by atoms with van der Waals surface area (Å²) < 4.78 is 0. The quantitative estimate of drug-likeness (QED) is 0.604. The first-order valence-corrected chi connectivity index (χ1v) is 3.93. The fourth-order valence-electron chi connectivity index (χ4n) is 1.35. The van der Waals surface area contributed by atoms with Crippen molar-refractivity contribution < 1.29 is 9.90 Å². The first-order valence-electron chi connectivity index (χ1n) is 3.93. The largest absolute Gasteiger partial charge is 0.478 e. The van der Waals surface area contributed by atoms with Gasteiger partial charge in [0.1, 0.15) is 5.82 Å². The molecule has 1 aliphatic rings. The molecule has 5 heteroatoms. The summed E-state index contributed by atoms with van der Waals surface area (Å²) in [6.45, 7) is 1.90. The molecular formula is C8H7BN2O2. The van der Waals surface area contributed by atoms with Crippen molar-refractivity contribution in [2.24, 2.45) is 4.99 Å². The summed E-state index contributed by atoms with van der Waals surface area (Å²) in [5.41, 5.74) is 2.10. The minimum absolute atomic E-state index is 0.226. The van der Waals surface area contributed by atoms with E-state index >= 15 is 0 Å². The Balaban J connectivity index is 2.45. The van der Waals surface area contributed by atoms with E-state index in [1.165, 1.54) is 6.20 Å². The molecule has 0 aromatic carbocycles. The van der Waals surface area contributed by atoms with Crippen LogP contribution in [-0.2, 0) is 0 Å². The zero-order chi connectivity index (χ0) is 9.42. The summed E-state index contributed by atoms with van der Waals surface area (Å²) in [5, 5.41) is 8.70. The van der Waals surface area contributed by atoms with Crippen LogP contribution in [0.1, 0.15) is 17.3 Å². The molecule has 64 valence electrons. The minimum Gasteiger partial charge on any atom is -0.478 e. The van der Waals surface area contributed by atoms with E-state index in [1.807, 2.05) is 6.92 Å². The molecule has 13 heavy (non-hydrogen) atoms. The summed E-state index contributed by atoms with van der Waals surface area (Å²) in [6.07, 6.45) is 1.34. The van der Waals surface area contributed by atoms with Gasteiger partial charge in [0.05, 0.1) is 5.56 Å². The number of nitrogens with zero attached hydrogens (tertiary/aromatic N) is 2. The molecule has 0 unspecified atom stereocenters. The Bertz CT molecular complexity index is 415. The molecule has 0 saturated heterocycles. The van der Waals surface area contributed by atoms with E-state index in [2.05, 4.69) is 9.98 Å². The molecule has 2 heterocycles. The van der Waals surface area contributed by atoms with Gasteiger partial charge in [0, 0.05) is 6.20 Å². The number of fused-ring (bicyclic) bond motifs is 1. The number of carbonyl (C=O) groups is 1. The second kappa shape index (κ2) is 2.69. The molecule has 0 fully saturated rings. The maximum atomic E-state index is 10.6. The van der Waals surface area contributed by atoms with Crippen molar-refractivity contribution in [3.63, 3.8) is 0 Å². The van der Waals surface area contributed by atoms with Crippen LogP contribution in [0.25, 0.3) is 0 Å². The molecule has 0 aliphatic carbocycles. The van der Waals surface area contributed by atoms with Gasteiger partial charge in [0.15, 0.2) is 0 Å². The second-order valence-corrected chi connectivity index (χ2v) is 3.04. The number of aliphatic imine (C=N–C) groups is 1. The Kier molecular flexibility index (Phi) is 1.65. The van der Waals surface area contributed by atoms with E-state index in [0.717, 1.165) is 11.1 Å². The normalized spacial score (nSPS) is 13.2. The van der Waals surface area contributed by atoms with Crippen LogP contribution >= 0.6 is 0 Å². The highest BCUT2D eigenvalue weighted by Gasteiger charge is 2.16. The monoisotopic (exact) mass is 174 g/mol. The number of hydrogen-bond donors (Lipinski definition) is 1. The lowest BCUT2D eigenvalue weighted by molar-refractivity contribution is 0.0696. The van der Waals surface area contributed by atoms with Crippen LogP contribution in [0.4, 0.5) is 5.82 Å². The van der Waals surface area contributed by atoms with Crippen LogP contribution in [0.2, 0.25) is 0 Å². The molecule has 0 atom stereocenters. The number of aromatic carboxylic acids is 1. The van der Waals surface area contributed by atoms with Crippen molar-refractivity contribution >= 4 is 30.1 Å². The summed E-state index contributed by atoms with van der Waals surface area (Å²) >= 11 is 0. The first-order chi connectivity index (χ1) is 6.16. The van der Waals surface area contributed by atoms with Crippen LogP contribution in [0.5, 0.6) is 0 Å². The number of rotatable bonds is 1. The van der Waals surface area contributed by atoms with E-state index in [9.17, 15) is 4.79 Å². The average Bonchev–Trinajstić information content (AvgIpc) is 2.42. The Morgan fingerprint density at radius 1 is 1.62 bits per heavy atom. The highest BCUT2D eigenvalue weighted by Crippen LogP contribution is 2.11. The SMILES string of the molecule is CC1=Nc2ncc(C(=O)O)cc2B1. The van der Waals surface area contributed by atoms with Crippen molar-refractivity contribution in [3.05, 3.63) is 17.8 Å². The Labute approximate surface area is 75.6 Å². The Morgan fingerprint density at radius 2 is 2.38 bits per heavy atom. The summed E-state index contributed by atoms with van der Waals surface area (Å²) in [5.74, 6) is -0.289. The smallest absolute Gasteiger partial charge is 0.337 e. The summed E-state index contributed by atoms with van der Waals surface area (Å²) in [4.78, 5) is 18.7. The highest BCUT2D eigenvalue weighted by molar-refractivity contribution is 6.87. The number of pyridine rings is 1. The van der Waals surface area contributed by atoms with E-state index in [-0.39, 0.29) is 5.56 Å². The lowest BCUT2D eigenvalue weighted by atomic mass is 9.68. The fourth-order valence-corrected chi connectivity index (χ4v) is 1.35. The van der Waals surface area contributed by atoms with Gasteiger partial charge in [-0.15, -0.1) is 0 Å². The van der Waals surface area contributed by atoms with Gasteiger partial charge in [-0.1, -0.05) is 0 Å². The highest BCUT2D eigenvalue weighted by atomic mass is 16.4. The van der Waals surface area contributed by atoms with Gasteiger partial charge in [0.25, 0.3) is 0 Å². The number of carboxylic acid groups (broad SMARTS) is 1. The van der Waals surface area contributed by atoms with E-state index in [0.29, 0.717) is 13.1 Å². The molecule has 0 saturated carbocycles. The van der Waals surface area contributed by atoms with Gasteiger partial charge in [-0.05, 0) is 24.1 Å². The lowest BCUT2D eigenvalue weighted by Gasteiger charge is -1.97. The summed E-state index contributed by atoms with van der Waals surface area (Å²) in [7, 11) is 0.712. The van der Waals surface area contributed by atoms with Crippen LogP contribution in [-0.4, -0.2) is 29.0 Å². The zero-order valence-electron chi connectivity index (χ0n) is 7.11. The standard InChI is InChI=1S/C8H7BN2O2/c1-4-9-6-2-5(8(12)13)3-10-7(6)11-4/h2-3,9H,1H3,(H,12,13). The van der Waals surface area contributed by atoms with Gasteiger partial charge >= 0.3 is 5.97 Å². The molecule has 4 nitrogen and oxygen atoms in total. The Morgan fingerprint density at radius 3 is 3.08 bits per heavy atom. The third-order valence-corrected chi connectivity index (χ3v) is 1.93. The maximum Gasteiger partial charge on any atom is 0.337 e. The Hall–Kier alpha value is -1.65. The number of carboxylic acids is 1. The molecule has 0 spiro atoms. The van der Waals surface area contributed by atoms with Gasteiger partial charge in [-0.25, -0.2) is 14.8 Å². The van der Waals surface area contributed by atoms with Crippen LogP contribution < -0.4 is 5.46 Å². The molecule has 1 aliphatic heterocycles. The molecule has 0 bridgehead atoms. The predicted octanol–water partition coefficient (Wildman–Crippen LogP) is -0.0949. The van der Waals surface area contributed by atoms with E-state index in [4.69, 9.17) is 5.11 Å². The van der Waals surface area contributed by atoms with Gasteiger partial charge in [-0.2, -0.15) is 0 Å². The van der Waals surface area contributed by atoms with Gasteiger partial charge < -0.3 is 5.11 Å². The molecule has 0 amide bonds. The lowest BCUT2D eigenvalue weighted by Crippen LogP contribution is -2.17. The van der Waals surface area contributed by atoms with Crippen molar-refractivity contribution in [3.8, 4) is 0 Å². The molecule has 1 aromatic heterocycles. The van der Waals surface area contributed by atoms with Crippen molar-refractivity contribution in [1.82, 2.24) is 4.98 Å². The van der Waals surface area contributed by atoms with Crippen molar-refractivity contribution in [2.45, 2.75) is 6.92 Å². The van der Waals surface area contributed by atoms with Crippen LogP contribution in [0.15, 0.2) is 17.3 Å². The van der Waals surface area contributed by atoms with Crippen molar-refractivity contribution in [1.29, 1.82) is 0 Å². The molecule has 1 N–H and O–H groups in total. The van der Waals surface area contributed by atoms with Gasteiger partial charge in [0.2, 0.25) is 7.28 Å².